The van der Waals surface area contributed by atoms with Crippen molar-refractivity contribution in [3.8, 4) is 0 Å². The van der Waals surface area contributed by atoms with Gasteiger partial charge in [-0.2, -0.15) is 5.10 Å². The largest absolute Gasteiger partial charge is 0.326 e. The number of carbonyl (C=O) groups is 1. The molecule has 3 rings (SSSR count). The van der Waals surface area contributed by atoms with E-state index in [1.807, 2.05) is 30.8 Å². The van der Waals surface area contributed by atoms with E-state index in [4.69, 9.17) is 11.6 Å². The summed E-state index contributed by atoms with van der Waals surface area (Å²) in [5.74, 6) is -1.00. The molecule has 0 saturated carbocycles. The molecule has 2 N–H and O–H groups in total. The molecule has 0 unspecified atom stereocenters. The van der Waals surface area contributed by atoms with Crippen molar-refractivity contribution >= 4 is 29.2 Å². The van der Waals surface area contributed by atoms with Crippen LogP contribution in [-0.4, -0.2) is 21.6 Å². The minimum Gasteiger partial charge on any atom is -0.326 e. The molecule has 0 radical (unpaired) electrons. The molecule has 162 valence electrons. The van der Waals surface area contributed by atoms with Crippen molar-refractivity contribution in [2.45, 2.75) is 40.3 Å². The van der Waals surface area contributed by atoms with E-state index in [1.165, 1.54) is 18.2 Å². The van der Waals surface area contributed by atoms with Gasteiger partial charge in [-0.25, -0.2) is 9.38 Å². The number of anilines is 1. The summed E-state index contributed by atoms with van der Waals surface area (Å²) in [4.78, 5) is 17.2. The number of nitrogens with zero attached hydrogens (tertiary/aromatic N) is 3. The summed E-state index contributed by atoms with van der Waals surface area (Å²) in [5.41, 5.74) is 3.25. The molecule has 0 spiro atoms. The van der Waals surface area contributed by atoms with Crippen molar-refractivity contribution in [2.75, 3.05) is 5.32 Å². The van der Waals surface area contributed by atoms with Gasteiger partial charge in [-0.05, 0) is 50.1 Å². The second kappa shape index (κ2) is 10.2. The minimum absolute atomic E-state index is 0.0632. The van der Waals surface area contributed by atoms with Gasteiger partial charge < -0.3 is 5.32 Å². The third-order valence-corrected chi connectivity index (χ3v) is 5.19. The number of amides is 1. The fourth-order valence-electron chi connectivity index (χ4n) is 3.02. The zero-order valence-electron chi connectivity index (χ0n) is 17.7. The second-order valence-corrected chi connectivity index (χ2v) is 7.55. The van der Waals surface area contributed by atoms with Crippen LogP contribution in [0.5, 0.6) is 0 Å². The number of nitrogens with one attached hydrogen (secondary N) is 2. The number of hydrogen-bond donors (Lipinski definition) is 2. The van der Waals surface area contributed by atoms with Crippen molar-refractivity contribution in [1.29, 1.82) is 0 Å². The molecular weight excluding hydrogens is 417 g/mol. The van der Waals surface area contributed by atoms with Crippen LogP contribution in [0.25, 0.3) is 0 Å². The van der Waals surface area contributed by atoms with E-state index in [0.29, 0.717) is 17.3 Å². The van der Waals surface area contributed by atoms with Gasteiger partial charge in [0, 0.05) is 29.0 Å². The number of aromatic nitrogens is 2. The standard InChI is InChI=1S/C23H25ClFN5O/c1-4-12-30-14-17(16(3)29-30)13-26-23(27-21-11-7-9-19(24)15(21)2)28-22(31)18-8-5-6-10-20(18)25/h5-11,14H,4,12-13H2,1-3H3,(H2,26,27,28,31). The number of hydrogen-bond acceptors (Lipinski definition) is 3. The van der Waals surface area contributed by atoms with Gasteiger partial charge in [0.05, 0.1) is 17.8 Å². The highest BCUT2D eigenvalue weighted by atomic mass is 35.5. The molecule has 8 heteroatoms. The average Bonchev–Trinajstić information content (AvgIpc) is 3.09. The molecule has 1 amide bonds. The maximum Gasteiger partial charge on any atom is 0.260 e. The van der Waals surface area contributed by atoms with Gasteiger partial charge in [0.2, 0.25) is 5.96 Å². The second-order valence-electron chi connectivity index (χ2n) is 7.14. The van der Waals surface area contributed by atoms with Crippen LogP contribution in [-0.2, 0) is 13.1 Å². The van der Waals surface area contributed by atoms with Crippen LogP contribution in [0.15, 0.2) is 53.7 Å². The third-order valence-electron chi connectivity index (χ3n) is 4.78. The van der Waals surface area contributed by atoms with Crippen LogP contribution < -0.4 is 10.6 Å². The summed E-state index contributed by atoms with van der Waals surface area (Å²) in [6.45, 7) is 6.99. The first-order chi connectivity index (χ1) is 14.9. The fourth-order valence-corrected chi connectivity index (χ4v) is 3.20. The Morgan fingerprint density at radius 3 is 2.71 bits per heavy atom. The first-order valence-corrected chi connectivity index (χ1v) is 10.4. The van der Waals surface area contributed by atoms with Crippen LogP contribution in [0, 0.1) is 19.7 Å². The summed E-state index contributed by atoms with van der Waals surface area (Å²) < 4.78 is 15.9. The van der Waals surface area contributed by atoms with Gasteiger partial charge in [-0.1, -0.05) is 36.7 Å². The Bertz CT molecular complexity index is 1110. The van der Waals surface area contributed by atoms with E-state index in [2.05, 4.69) is 27.6 Å². The molecule has 2 aromatic carbocycles. The minimum atomic E-state index is -0.602. The van der Waals surface area contributed by atoms with Crippen LogP contribution in [0.2, 0.25) is 5.02 Å². The van der Waals surface area contributed by atoms with Crippen molar-refractivity contribution in [2.24, 2.45) is 4.99 Å². The van der Waals surface area contributed by atoms with E-state index in [1.54, 1.807) is 18.2 Å². The molecule has 3 aromatic rings. The van der Waals surface area contributed by atoms with Crippen LogP contribution in [0.1, 0.15) is 40.5 Å². The van der Waals surface area contributed by atoms with Gasteiger partial charge in [-0.15, -0.1) is 0 Å². The van der Waals surface area contributed by atoms with Gasteiger partial charge in [0.25, 0.3) is 5.91 Å². The molecule has 31 heavy (non-hydrogen) atoms. The zero-order valence-corrected chi connectivity index (χ0v) is 18.5. The number of carbonyl (C=O) groups excluding carboxylic acids is 1. The van der Waals surface area contributed by atoms with Crippen LogP contribution in [0.4, 0.5) is 10.1 Å². The number of rotatable bonds is 6. The molecule has 1 heterocycles. The monoisotopic (exact) mass is 441 g/mol. The van der Waals surface area contributed by atoms with E-state index in [-0.39, 0.29) is 11.5 Å². The lowest BCUT2D eigenvalue weighted by atomic mass is 10.2. The third kappa shape index (κ3) is 5.70. The molecule has 0 aliphatic carbocycles. The van der Waals surface area contributed by atoms with Crippen molar-refractivity contribution in [3.05, 3.63) is 81.9 Å². The highest BCUT2D eigenvalue weighted by Crippen LogP contribution is 2.23. The van der Waals surface area contributed by atoms with Crippen molar-refractivity contribution in [3.63, 3.8) is 0 Å². The molecule has 0 saturated heterocycles. The molecular formula is C23H25ClFN5O. The summed E-state index contributed by atoms with van der Waals surface area (Å²) in [6, 6.07) is 11.2. The summed E-state index contributed by atoms with van der Waals surface area (Å²) >= 11 is 6.22. The van der Waals surface area contributed by atoms with Crippen LogP contribution in [0.3, 0.4) is 0 Å². The normalized spacial score (nSPS) is 11.5. The molecule has 0 bridgehead atoms. The topological polar surface area (TPSA) is 71.3 Å². The Balaban J connectivity index is 1.88. The van der Waals surface area contributed by atoms with E-state index in [0.717, 1.165) is 29.8 Å². The van der Waals surface area contributed by atoms with E-state index >= 15 is 0 Å². The van der Waals surface area contributed by atoms with Gasteiger partial charge in [0.15, 0.2) is 0 Å². The smallest absolute Gasteiger partial charge is 0.260 e. The Morgan fingerprint density at radius 1 is 1.19 bits per heavy atom. The highest BCUT2D eigenvalue weighted by molar-refractivity contribution is 6.31. The number of guanidine groups is 1. The molecule has 6 nitrogen and oxygen atoms in total. The van der Waals surface area contributed by atoms with Gasteiger partial charge in [0.1, 0.15) is 5.82 Å². The fraction of sp³-hybridized carbons (Fsp3) is 0.261. The Hall–Kier alpha value is -3.19. The maximum absolute atomic E-state index is 14.1. The summed E-state index contributed by atoms with van der Waals surface area (Å²) in [7, 11) is 0. The highest BCUT2D eigenvalue weighted by Gasteiger charge is 2.15. The summed E-state index contributed by atoms with van der Waals surface area (Å²) in [5, 5.41) is 10.9. The number of aliphatic imine (C=N–C) groups is 1. The predicted molar refractivity (Wildman–Crippen MR) is 122 cm³/mol. The van der Waals surface area contributed by atoms with Crippen molar-refractivity contribution < 1.29 is 9.18 Å². The molecule has 0 fully saturated rings. The number of aryl methyl sites for hydroxylation is 2. The molecule has 0 atom stereocenters. The summed E-state index contributed by atoms with van der Waals surface area (Å²) in [6.07, 6.45) is 2.92. The van der Waals surface area contributed by atoms with Gasteiger partial charge in [-0.3, -0.25) is 14.8 Å². The van der Waals surface area contributed by atoms with Crippen LogP contribution >= 0.6 is 11.6 Å². The lowest BCUT2D eigenvalue weighted by Gasteiger charge is -2.14. The van der Waals surface area contributed by atoms with Crippen molar-refractivity contribution in [1.82, 2.24) is 15.1 Å². The molecule has 1 aromatic heterocycles. The van der Waals surface area contributed by atoms with E-state index in [9.17, 15) is 9.18 Å². The maximum atomic E-state index is 14.1. The quantitative estimate of drug-likeness (QED) is 0.413. The Labute approximate surface area is 186 Å². The Morgan fingerprint density at radius 2 is 1.97 bits per heavy atom. The zero-order chi connectivity index (χ0) is 22.4. The number of benzene rings is 2. The first-order valence-electron chi connectivity index (χ1n) is 10.0. The molecule has 0 aliphatic rings. The Kier molecular flexibility index (Phi) is 7.41. The lowest BCUT2D eigenvalue weighted by molar-refractivity contribution is 0.0973. The molecule has 0 aliphatic heterocycles. The average molecular weight is 442 g/mol. The lowest BCUT2D eigenvalue weighted by Crippen LogP contribution is -2.36. The SMILES string of the molecule is CCCn1cc(CN=C(NC(=O)c2ccccc2F)Nc2cccc(Cl)c2C)c(C)n1. The first kappa shape index (κ1) is 22.5. The van der Waals surface area contributed by atoms with Gasteiger partial charge >= 0.3 is 0 Å². The van der Waals surface area contributed by atoms with E-state index < -0.39 is 11.7 Å². The number of halogens is 2. The predicted octanol–water partition coefficient (Wildman–Crippen LogP) is 5.10.